The van der Waals surface area contributed by atoms with Gasteiger partial charge in [0.15, 0.2) is 4.33 Å². The van der Waals surface area contributed by atoms with Crippen LogP contribution in [0.15, 0.2) is 24.3 Å². The van der Waals surface area contributed by atoms with Crippen molar-refractivity contribution in [2.24, 2.45) is 0 Å². The number of hydrogen-bond donors (Lipinski definition) is 0. The molecule has 0 spiro atoms. The number of rotatable bonds is 3. The largest absolute Gasteiger partial charge is 0.228 e. The van der Waals surface area contributed by atoms with Crippen molar-refractivity contribution in [2.45, 2.75) is 25.5 Å². The molecule has 0 bridgehead atoms. The van der Waals surface area contributed by atoms with E-state index in [2.05, 4.69) is 0 Å². The van der Waals surface area contributed by atoms with Gasteiger partial charge in [0.05, 0.1) is 0 Å². The SMILES string of the molecule is CC([O])c1ccccc1C(Cl)(Cl)C(Cl)(Cl)C(Cl)(Cl)Cl. The van der Waals surface area contributed by atoms with Gasteiger partial charge in [0.25, 0.3) is 0 Å². The summed E-state index contributed by atoms with van der Waals surface area (Å²) in [7, 11) is 0. The average molecular weight is 404 g/mol. The Morgan fingerprint density at radius 2 is 1.42 bits per heavy atom. The van der Waals surface area contributed by atoms with Crippen LogP contribution in [0.1, 0.15) is 24.2 Å². The summed E-state index contributed by atoms with van der Waals surface area (Å²) >= 11 is 41.6. The molecule has 8 heteroatoms. The van der Waals surface area contributed by atoms with Gasteiger partial charge in [0.1, 0.15) is 6.10 Å². The van der Waals surface area contributed by atoms with Crippen molar-refractivity contribution >= 4 is 81.2 Å². The Balaban J connectivity index is 3.44. The third-order valence-electron chi connectivity index (χ3n) is 2.49. The van der Waals surface area contributed by atoms with Gasteiger partial charge in [-0.2, -0.15) is 0 Å². The van der Waals surface area contributed by atoms with E-state index in [0.717, 1.165) is 0 Å². The molecule has 1 aromatic carbocycles. The lowest BCUT2D eigenvalue weighted by atomic mass is 9.98. The maximum absolute atomic E-state index is 11.7. The van der Waals surface area contributed by atoms with Gasteiger partial charge in [-0.1, -0.05) is 105 Å². The van der Waals surface area contributed by atoms with Crippen LogP contribution in [0.25, 0.3) is 0 Å². The first-order valence-corrected chi connectivity index (χ1v) is 7.65. The average Bonchev–Trinajstić information content (AvgIpc) is 2.27. The van der Waals surface area contributed by atoms with Crippen LogP contribution >= 0.6 is 81.2 Å². The van der Waals surface area contributed by atoms with Gasteiger partial charge >= 0.3 is 0 Å². The minimum atomic E-state index is -2.15. The van der Waals surface area contributed by atoms with Gasteiger partial charge in [0.2, 0.25) is 8.13 Å². The number of halogens is 7. The zero-order chi connectivity index (χ0) is 15.1. The molecule has 0 aliphatic carbocycles. The smallest absolute Gasteiger partial charge is 0.226 e. The zero-order valence-electron chi connectivity index (χ0n) is 9.44. The summed E-state index contributed by atoms with van der Waals surface area (Å²) in [6.45, 7) is 1.43. The highest BCUT2D eigenvalue weighted by molar-refractivity contribution is 6.78. The zero-order valence-corrected chi connectivity index (χ0v) is 14.7. The number of benzene rings is 1. The van der Waals surface area contributed by atoms with E-state index < -0.39 is 18.6 Å². The Morgan fingerprint density at radius 3 is 1.84 bits per heavy atom. The summed E-state index contributed by atoms with van der Waals surface area (Å²) in [6.07, 6.45) is -1.09. The lowest BCUT2D eigenvalue weighted by Crippen LogP contribution is -2.45. The monoisotopic (exact) mass is 401 g/mol. The van der Waals surface area contributed by atoms with E-state index in [9.17, 15) is 5.11 Å². The molecule has 0 aliphatic heterocycles. The first kappa shape index (κ1) is 18.3. The maximum atomic E-state index is 11.7. The fourth-order valence-corrected chi connectivity index (χ4v) is 3.03. The molecule has 1 atom stereocenters. The van der Waals surface area contributed by atoms with Crippen LogP contribution in [0.3, 0.4) is 0 Å². The van der Waals surface area contributed by atoms with E-state index in [4.69, 9.17) is 81.2 Å². The first-order valence-electron chi connectivity index (χ1n) is 5.00. The highest BCUT2D eigenvalue weighted by atomic mass is 35.6. The van der Waals surface area contributed by atoms with Gasteiger partial charge in [-0.15, -0.1) is 0 Å². The quantitative estimate of drug-likeness (QED) is 0.523. The van der Waals surface area contributed by atoms with Gasteiger partial charge < -0.3 is 0 Å². The molecule has 1 nitrogen and oxygen atoms in total. The van der Waals surface area contributed by atoms with Gasteiger partial charge in [-0.3, -0.25) is 0 Å². The molecule has 19 heavy (non-hydrogen) atoms. The molecule has 107 valence electrons. The molecule has 1 radical (unpaired) electrons. The third kappa shape index (κ3) is 3.52. The van der Waals surface area contributed by atoms with Crippen molar-refractivity contribution in [1.29, 1.82) is 0 Å². The summed E-state index contributed by atoms with van der Waals surface area (Å²) in [5.41, 5.74) is 0.532. The standard InChI is InChI=1S/C11H8Cl7O/c1-6(19)7-4-2-3-5-8(7)9(12,13)10(14,15)11(16,17)18/h2-6H,1H3. The predicted molar refractivity (Wildman–Crippen MR) is 83.7 cm³/mol. The normalized spacial score (nSPS) is 15.4. The van der Waals surface area contributed by atoms with Crippen molar-refractivity contribution < 1.29 is 5.11 Å². The van der Waals surface area contributed by atoms with Crippen molar-refractivity contribution in [3.8, 4) is 0 Å². The molecule has 0 saturated carbocycles. The third-order valence-corrected chi connectivity index (χ3v) is 6.41. The van der Waals surface area contributed by atoms with Crippen LogP contribution in [0.4, 0.5) is 0 Å². The maximum Gasteiger partial charge on any atom is 0.226 e. The summed E-state index contributed by atoms with van der Waals surface area (Å²) in [5, 5.41) is 11.7. The molecular weight excluding hydrogens is 396 g/mol. The Kier molecular flexibility index (Phi) is 5.90. The molecule has 0 aliphatic rings. The summed E-state index contributed by atoms with van der Waals surface area (Å²) in [4.78, 5) is 0. The molecule has 0 saturated heterocycles. The fourth-order valence-electron chi connectivity index (χ4n) is 1.48. The van der Waals surface area contributed by atoms with Gasteiger partial charge in [-0.05, 0) is 18.1 Å². The molecule has 1 rings (SSSR count). The van der Waals surface area contributed by atoms with Crippen molar-refractivity contribution in [3.05, 3.63) is 35.4 Å². The molecule has 0 heterocycles. The van der Waals surface area contributed by atoms with Gasteiger partial charge in [-0.25, -0.2) is 5.11 Å². The van der Waals surface area contributed by atoms with Crippen molar-refractivity contribution in [1.82, 2.24) is 0 Å². The Bertz CT molecular complexity index is 451. The summed E-state index contributed by atoms with van der Waals surface area (Å²) in [5.74, 6) is 0. The lowest BCUT2D eigenvalue weighted by Gasteiger charge is -2.38. The van der Waals surface area contributed by atoms with E-state index in [1.165, 1.54) is 13.0 Å². The van der Waals surface area contributed by atoms with Crippen molar-refractivity contribution in [3.63, 3.8) is 0 Å². The molecule has 0 fully saturated rings. The summed E-state index contributed by atoms with van der Waals surface area (Å²) in [6, 6.07) is 6.37. The minimum absolute atomic E-state index is 0.206. The van der Waals surface area contributed by atoms with Crippen LogP contribution in [0.5, 0.6) is 0 Å². The van der Waals surface area contributed by atoms with E-state index >= 15 is 0 Å². The van der Waals surface area contributed by atoms with Crippen LogP contribution in [-0.2, 0) is 9.44 Å². The molecular formula is C11H8Cl7O. The molecule has 0 amide bonds. The van der Waals surface area contributed by atoms with E-state index in [-0.39, 0.29) is 5.56 Å². The van der Waals surface area contributed by atoms with E-state index in [1.807, 2.05) is 0 Å². The van der Waals surface area contributed by atoms with Crippen LogP contribution in [0, 0.1) is 0 Å². The molecule has 1 aromatic rings. The number of hydrogen-bond acceptors (Lipinski definition) is 0. The van der Waals surface area contributed by atoms with E-state index in [0.29, 0.717) is 5.56 Å². The fraction of sp³-hybridized carbons (Fsp3) is 0.455. The summed E-state index contributed by atoms with van der Waals surface area (Å²) < 4.78 is -6.28. The molecule has 0 N–H and O–H groups in total. The topological polar surface area (TPSA) is 19.9 Å². The predicted octanol–water partition coefficient (Wildman–Crippen LogP) is 6.35. The highest BCUT2D eigenvalue weighted by Crippen LogP contribution is 2.61. The second kappa shape index (κ2) is 6.14. The second-order valence-electron chi connectivity index (χ2n) is 3.88. The Morgan fingerprint density at radius 1 is 0.947 bits per heavy atom. The number of alkyl halides is 7. The Labute approximate surface area is 146 Å². The first-order chi connectivity index (χ1) is 8.43. The van der Waals surface area contributed by atoms with Crippen LogP contribution in [-0.4, -0.2) is 8.13 Å². The van der Waals surface area contributed by atoms with Gasteiger partial charge in [0, 0.05) is 0 Å². The molecule has 1 unspecified atom stereocenters. The molecule has 0 aromatic heterocycles. The van der Waals surface area contributed by atoms with Crippen molar-refractivity contribution in [2.75, 3.05) is 0 Å². The van der Waals surface area contributed by atoms with E-state index in [1.54, 1.807) is 18.2 Å². The minimum Gasteiger partial charge on any atom is -0.228 e. The van der Waals surface area contributed by atoms with Crippen LogP contribution < -0.4 is 0 Å². The van der Waals surface area contributed by atoms with Crippen LogP contribution in [0.2, 0.25) is 0 Å². The Hall–Kier alpha value is 1.21. The lowest BCUT2D eigenvalue weighted by molar-refractivity contribution is 0.105. The highest BCUT2D eigenvalue weighted by Gasteiger charge is 2.61. The second-order valence-corrected chi connectivity index (χ2v) is 8.81.